The van der Waals surface area contributed by atoms with E-state index < -0.39 is 0 Å². The number of pyridine rings is 1. The van der Waals surface area contributed by atoms with Crippen LogP contribution in [0.2, 0.25) is 0 Å². The molecule has 2 rings (SSSR count). The van der Waals surface area contributed by atoms with Gasteiger partial charge in [-0.2, -0.15) is 0 Å². The number of rotatable bonds is 2. The molecule has 16 heavy (non-hydrogen) atoms. The third-order valence-electron chi connectivity index (χ3n) is 3.08. The number of likely N-dealkylation sites (N-methyl/N-ethyl adjacent to an activating group) is 1. The predicted molar refractivity (Wildman–Crippen MR) is 68.1 cm³/mol. The molecule has 1 aromatic heterocycles. The average molecular weight is 240 g/mol. The molecule has 1 saturated heterocycles. The van der Waals surface area contributed by atoms with Crippen LogP contribution in [-0.4, -0.2) is 43.1 Å². The zero-order valence-corrected chi connectivity index (χ0v) is 10.5. The smallest absolute Gasteiger partial charge is 0.0509 e. The highest BCUT2D eigenvalue weighted by Gasteiger charge is 2.14. The summed E-state index contributed by atoms with van der Waals surface area (Å²) >= 11 is 5.94. The summed E-state index contributed by atoms with van der Waals surface area (Å²) in [6.45, 7) is 4.48. The molecule has 0 saturated carbocycles. The Morgan fingerprint density at radius 1 is 1.31 bits per heavy atom. The number of alkyl halides is 1. The molecule has 0 aliphatic carbocycles. The van der Waals surface area contributed by atoms with Crippen LogP contribution in [0.4, 0.5) is 5.69 Å². The van der Waals surface area contributed by atoms with Crippen LogP contribution < -0.4 is 4.90 Å². The molecular weight excluding hydrogens is 222 g/mol. The van der Waals surface area contributed by atoms with Gasteiger partial charge in [0.15, 0.2) is 0 Å². The second kappa shape index (κ2) is 5.51. The maximum absolute atomic E-state index is 5.94. The Labute approximate surface area is 102 Å². The van der Waals surface area contributed by atoms with E-state index in [-0.39, 0.29) is 0 Å². The Morgan fingerprint density at radius 3 is 3.00 bits per heavy atom. The SMILES string of the molecule is CN1CCCN(c2ccncc2CCl)CC1. The standard InChI is InChI=1S/C12H18ClN3/c1-15-5-2-6-16(8-7-15)12-3-4-14-10-11(12)9-13/h3-4,10H,2,5-9H2,1H3. The van der Waals surface area contributed by atoms with E-state index in [4.69, 9.17) is 11.6 Å². The van der Waals surface area contributed by atoms with Crippen LogP contribution >= 0.6 is 11.6 Å². The topological polar surface area (TPSA) is 19.4 Å². The Bertz CT molecular complexity index is 343. The Morgan fingerprint density at radius 2 is 2.19 bits per heavy atom. The summed E-state index contributed by atoms with van der Waals surface area (Å²) in [5, 5.41) is 0. The zero-order valence-electron chi connectivity index (χ0n) is 9.69. The summed E-state index contributed by atoms with van der Waals surface area (Å²) < 4.78 is 0. The van der Waals surface area contributed by atoms with Crippen LogP contribution in [0.5, 0.6) is 0 Å². The van der Waals surface area contributed by atoms with Crippen LogP contribution in [0.1, 0.15) is 12.0 Å². The van der Waals surface area contributed by atoms with Crippen molar-refractivity contribution < 1.29 is 0 Å². The molecule has 0 aromatic carbocycles. The molecule has 0 radical (unpaired) electrons. The normalized spacial score (nSPS) is 18.5. The van der Waals surface area contributed by atoms with Crippen molar-refractivity contribution in [1.29, 1.82) is 0 Å². The first-order chi connectivity index (χ1) is 7.81. The van der Waals surface area contributed by atoms with Gasteiger partial charge in [-0.25, -0.2) is 0 Å². The molecule has 4 heteroatoms. The first-order valence-electron chi connectivity index (χ1n) is 5.73. The van der Waals surface area contributed by atoms with E-state index in [0.29, 0.717) is 5.88 Å². The molecule has 0 amide bonds. The third-order valence-corrected chi connectivity index (χ3v) is 3.37. The van der Waals surface area contributed by atoms with Crippen molar-refractivity contribution >= 4 is 17.3 Å². The molecular formula is C12H18ClN3. The Balaban J connectivity index is 2.16. The highest BCUT2D eigenvalue weighted by molar-refractivity contribution is 6.17. The minimum atomic E-state index is 0.537. The van der Waals surface area contributed by atoms with Crippen molar-refractivity contribution in [3.8, 4) is 0 Å². The molecule has 0 N–H and O–H groups in total. The number of anilines is 1. The third kappa shape index (κ3) is 2.66. The fourth-order valence-electron chi connectivity index (χ4n) is 2.12. The van der Waals surface area contributed by atoms with Crippen molar-refractivity contribution in [2.24, 2.45) is 0 Å². The molecule has 88 valence electrons. The molecule has 0 spiro atoms. The van der Waals surface area contributed by atoms with Crippen LogP contribution in [-0.2, 0) is 5.88 Å². The van der Waals surface area contributed by atoms with Gasteiger partial charge in [0.2, 0.25) is 0 Å². The molecule has 1 aliphatic heterocycles. The molecule has 0 bridgehead atoms. The van der Waals surface area contributed by atoms with E-state index in [0.717, 1.165) is 25.2 Å². The maximum Gasteiger partial charge on any atom is 0.0509 e. The van der Waals surface area contributed by atoms with E-state index in [2.05, 4.69) is 27.9 Å². The van der Waals surface area contributed by atoms with Crippen LogP contribution in [0.3, 0.4) is 0 Å². The van der Waals surface area contributed by atoms with Gasteiger partial charge in [-0.3, -0.25) is 4.98 Å². The van der Waals surface area contributed by atoms with Gasteiger partial charge in [0.1, 0.15) is 0 Å². The summed E-state index contributed by atoms with van der Waals surface area (Å²) in [5.74, 6) is 0.537. The van der Waals surface area contributed by atoms with Gasteiger partial charge in [0.25, 0.3) is 0 Å². The zero-order chi connectivity index (χ0) is 11.4. The quantitative estimate of drug-likeness (QED) is 0.736. The molecule has 0 atom stereocenters. The van der Waals surface area contributed by atoms with Crippen molar-refractivity contribution in [3.05, 3.63) is 24.0 Å². The lowest BCUT2D eigenvalue weighted by atomic mass is 10.2. The van der Waals surface area contributed by atoms with Crippen LogP contribution in [0.15, 0.2) is 18.5 Å². The first kappa shape index (κ1) is 11.7. The molecule has 2 heterocycles. The number of halogens is 1. The highest BCUT2D eigenvalue weighted by Crippen LogP contribution is 2.22. The van der Waals surface area contributed by atoms with Gasteiger partial charge < -0.3 is 9.80 Å². The molecule has 1 fully saturated rings. The van der Waals surface area contributed by atoms with Crippen molar-refractivity contribution in [1.82, 2.24) is 9.88 Å². The number of aromatic nitrogens is 1. The first-order valence-corrected chi connectivity index (χ1v) is 6.27. The average Bonchev–Trinajstić information content (AvgIpc) is 2.54. The predicted octanol–water partition coefficient (Wildman–Crippen LogP) is 1.96. The van der Waals surface area contributed by atoms with Crippen molar-refractivity contribution in [3.63, 3.8) is 0 Å². The minimum Gasteiger partial charge on any atom is -0.370 e. The summed E-state index contributed by atoms with van der Waals surface area (Å²) in [6, 6.07) is 2.07. The Hall–Kier alpha value is -0.800. The lowest BCUT2D eigenvalue weighted by Crippen LogP contribution is -2.29. The van der Waals surface area contributed by atoms with Crippen molar-refractivity contribution in [2.75, 3.05) is 38.1 Å². The van der Waals surface area contributed by atoms with Gasteiger partial charge in [0.05, 0.1) is 5.88 Å². The lowest BCUT2D eigenvalue weighted by Gasteiger charge is -2.24. The summed E-state index contributed by atoms with van der Waals surface area (Å²) in [6.07, 6.45) is 4.93. The second-order valence-corrected chi connectivity index (χ2v) is 4.55. The van der Waals surface area contributed by atoms with E-state index in [9.17, 15) is 0 Å². The number of hydrogen-bond acceptors (Lipinski definition) is 3. The van der Waals surface area contributed by atoms with Gasteiger partial charge in [-0.15, -0.1) is 11.6 Å². The van der Waals surface area contributed by atoms with Gasteiger partial charge in [-0.05, 0) is 26.1 Å². The van der Waals surface area contributed by atoms with Gasteiger partial charge >= 0.3 is 0 Å². The molecule has 3 nitrogen and oxygen atoms in total. The summed E-state index contributed by atoms with van der Waals surface area (Å²) in [5.41, 5.74) is 2.38. The van der Waals surface area contributed by atoms with E-state index in [1.807, 2.05) is 12.4 Å². The molecule has 0 unspecified atom stereocenters. The highest BCUT2D eigenvalue weighted by atomic mass is 35.5. The monoisotopic (exact) mass is 239 g/mol. The molecule has 1 aliphatic rings. The number of nitrogens with zero attached hydrogens (tertiary/aromatic N) is 3. The lowest BCUT2D eigenvalue weighted by molar-refractivity contribution is 0.360. The summed E-state index contributed by atoms with van der Waals surface area (Å²) in [4.78, 5) is 8.92. The fraction of sp³-hybridized carbons (Fsp3) is 0.583. The van der Waals surface area contributed by atoms with Crippen LogP contribution in [0.25, 0.3) is 0 Å². The second-order valence-electron chi connectivity index (χ2n) is 4.28. The number of hydrogen-bond donors (Lipinski definition) is 0. The Kier molecular flexibility index (Phi) is 4.02. The van der Waals surface area contributed by atoms with E-state index >= 15 is 0 Å². The minimum absolute atomic E-state index is 0.537. The van der Waals surface area contributed by atoms with Gasteiger partial charge in [0, 0.05) is 43.3 Å². The van der Waals surface area contributed by atoms with E-state index in [1.165, 1.54) is 18.7 Å². The van der Waals surface area contributed by atoms with Gasteiger partial charge in [-0.1, -0.05) is 0 Å². The molecule has 1 aromatic rings. The summed E-state index contributed by atoms with van der Waals surface area (Å²) in [7, 11) is 2.18. The maximum atomic E-state index is 5.94. The fourth-order valence-corrected chi connectivity index (χ4v) is 2.32. The van der Waals surface area contributed by atoms with Crippen molar-refractivity contribution in [2.45, 2.75) is 12.3 Å². The van der Waals surface area contributed by atoms with Crippen LogP contribution in [0, 0.1) is 0 Å². The van der Waals surface area contributed by atoms with E-state index in [1.54, 1.807) is 0 Å². The largest absolute Gasteiger partial charge is 0.370 e.